The maximum atomic E-state index is 12.3. The molecule has 3 rings (SSSR count). The predicted molar refractivity (Wildman–Crippen MR) is 93.8 cm³/mol. The van der Waals surface area contributed by atoms with Crippen molar-refractivity contribution in [2.75, 3.05) is 18.4 Å². The lowest BCUT2D eigenvalue weighted by molar-refractivity contribution is -0.116. The lowest BCUT2D eigenvalue weighted by atomic mass is 9.93. The summed E-state index contributed by atoms with van der Waals surface area (Å²) in [5.74, 6) is 1.47. The van der Waals surface area contributed by atoms with Crippen molar-refractivity contribution in [1.82, 2.24) is 20.1 Å². The molecular weight excluding hydrogens is 302 g/mol. The molecule has 3 heterocycles. The maximum absolute atomic E-state index is 12.3. The minimum absolute atomic E-state index is 0.0655. The molecule has 1 aliphatic heterocycles. The predicted octanol–water partition coefficient (Wildman–Crippen LogP) is 2.35. The van der Waals surface area contributed by atoms with E-state index in [0.717, 1.165) is 36.7 Å². The Bertz CT molecular complexity index is 661. The topological polar surface area (TPSA) is 71.8 Å². The Labute approximate surface area is 142 Å². The van der Waals surface area contributed by atoms with Gasteiger partial charge in [0, 0.05) is 18.7 Å². The van der Waals surface area contributed by atoms with Crippen molar-refractivity contribution in [3.05, 3.63) is 41.9 Å². The van der Waals surface area contributed by atoms with Crippen LogP contribution in [0.2, 0.25) is 0 Å². The molecule has 0 aromatic carbocycles. The zero-order chi connectivity index (χ0) is 16.8. The second kappa shape index (κ2) is 8.06. The van der Waals surface area contributed by atoms with E-state index >= 15 is 0 Å². The normalized spacial score (nSPS) is 15.4. The number of hydrogen-bond acceptors (Lipinski definition) is 4. The molecule has 6 nitrogen and oxygen atoms in total. The maximum Gasteiger partial charge on any atom is 0.225 e. The van der Waals surface area contributed by atoms with E-state index in [4.69, 9.17) is 0 Å². The first-order valence-electron chi connectivity index (χ1n) is 8.65. The summed E-state index contributed by atoms with van der Waals surface area (Å²) in [4.78, 5) is 16.6. The van der Waals surface area contributed by atoms with Crippen LogP contribution in [-0.4, -0.2) is 33.8 Å². The average Bonchev–Trinajstić information content (AvgIpc) is 2.94. The summed E-state index contributed by atoms with van der Waals surface area (Å²) in [5, 5.41) is 10.8. The Morgan fingerprint density at radius 1 is 1.38 bits per heavy atom. The number of carbonyl (C=O) groups is 1. The zero-order valence-corrected chi connectivity index (χ0v) is 14.2. The number of rotatable bonds is 6. The van der Waals surface area contributed by atoms with Crippen LogP contribution >= 0.6 is 0 Å². The monoisotopic (exact) mass is 327 g/mol. The van der Waals surface area contributed by atoms with Gasteiger partial charge in [0.05, 0.1) is 17.9 Å². The van der Waals surface area contributed by atoms with Crippen LogP contribution in [0.5, 0.6) is 0 Å². The fourth-order valence-electron chi connectivity index (χ4n) is 3.12. The van der Waals surface area contributed by atoms with Crippen molar-refractivity contribution >= 4 is 11.7 Å². The van der Waals surface area contributed by atoms with E-state index in [1.54, 1.807) is 10.9 Å². The Morgan fingerprint density at radius 3 is 2.96 bits per heavy atom. The fourth-order valence-corrected chi connectivity index (χ4v) is 3.12. The molecule has 6 heteroatoms. The number of anilines is 1. The molecule has 1 amide bonds. The zero-order valence-electron chi connectivity index (χ0n) is 14.2. The number of carbonyl (C=O) groups excluding carboxylic acids is 1. The highest BCUT2D eigenvalue weighted by molar-refractivity contribution is 5.89. The van der Waals surface area contributed by atoms with Crippen LogP contribution in [0, 0.1) is 12.8 Å². The van der Waals surface area contributed by atoms with E-state index in [1.165, 1.54) is 12.8 Å². The summed E-state index contributed by atoms with van der Waals surface area (Å²) in [6.07, 6.45) is 5.64. The van der Waals surface area contributed by atoms with Crippen LogP contribution in [-0.2, 0) is 11.3 Å². The highest BCUT2D eigenvalue weighted by atomic mass is 16.1. The van der Waals surface area contributed by atoms with Crippen LogP contribution in [0.4, 0.5) is 5.82 Å². The third-order valence-electron chi connectivity index (χ3n) is 4.45. The molecule has 0 atom stereocenters. The van der Waals surface area contributed by atoms with Gasteiger partial charge in [-0.3, -0.25) is 9.78 Å². The summed E-state index contributed by atoms with van der Waals surface area (Å²) in [7, 11) is 0. The molecular formula is C18H25N5O. The number of nitrogens with zero attached hydrogens (tertiary/aromatic N) is 3. The van der Waals surface area contributed by atoms with E-state index in [-0.39, 0.29) is 5.91 Å². The summed E-state index contributed by atoms with van der Waals surface area (Å²) in [5.41, 5.74) is 1.81. The Kier molecular flexibility index (Phi) is 5.59. The van der Waals surface area contributed by atoms with Gasteiger partial charge in [-0.2, -0.15) is 5.10 Å². The molecule has 2 aromatic heterocycles. The second-order valence-electron chi connectivity index (χ2n) is 6.43. The molecule has 1 aliphatic rings. The highest BCUT2D eigenvalue weighted by Crippen LogP contribution is 2.19. The first kappa shape index (κ1) is 16.6. The number of amides is 1. The summed E-state index contributed by atoms with van der Waals surface area (Å²) in [6, 6.07) is 7.71. The summed E-state index contributed by atoms with van der Waals surface area (Å²) >= 11 is 0. The van der Waals surface area contributed by atoms with E-state index in [9.17, 15) is 4.79 Å². The molecule has 0 radical (unpaired) electrons. The first-order valence-corrected chi connectivity index (χ1v) is 8.65. The van der Waals surface area contributed by atoms with Gasteiger partial charge in [0.1, 0.15) is 5.82 Å². The fraction of sp³-hybridized carbons (Fsp3) is 0.500. The van der Waals surface area contributed by atoms with Gasteiger partial charge in [0.15, 0.2) is 0 Å². The van der Waals surface area contributed by atoms with Crippen LogP contribution in [0.15, 0.2) is 30.5 Å². The van der Waals surface area contributed by atoms with Crippen LogP contribution in [0.3, 0.4) is 0 Å². The SMILES string of the molecule is Cc1cc(NC(=O)CCC2CCNCC2)n(Cc2ccccn2)n1. The highest BCUT2D eigenvalue weighted by Gasteiger charge is 2.16. The van der Waals surface area contributed by atoms with Crippen LogP contribution < -0.4 is 10.6 Å². The van der Waals surface area contributed by atoms with E-state index in [1.807, 2.05) is 31.2 Å². The molecule has 0 aliphatic carbocycles. The number of nitrogens with one attached hydrogen (secondary N) is 2. The molecule has 0 saturated carbocycles. The number of hydrogen-bond donors (Lipinski definition) is 2. The smallest absolute Gasteiger partial charge is 0.225 e. The van der Waals surface area contributed by atoms with Gasteiger partial charge >= 0.3 is 0 Å². The molecule has 1 saturated heterocycles. The van der Waals surface area contributed by atoms with Gasteiger partial charge in [0.25, 0.3) is 0 Å². The number of pyridine rings is 1. The third-order valence-corrected chi connectivity index (χ3v) is 4.45. The molecule has 2 aromatic rings. The number of aromatic nitrogens is 3. The van der Waals surface area contributed by atoms with Gasteiger partial charge in [-0.15, -0.1) is 0 Å². The van der Waals surface area contributed by atoms with E-state index in [2.05, 4.69) is 20.7 Å². The van der Waals surface area contributed by atoms with Crippen molar-refractivity contribution in [1.29, 1.82) is 0 Å². The molecule has 1 fully saturated rings. The molecule has 0 unspecified atom stereocenters. The Morgan fingerprint density at radius 2 is 2.21 bits per heavy atom. The summed E-state index contributed by atoms with van der Waals surface area (Å²) < 4.78 is 1.81. The van der Waals surface area contributed by atoms with Crippen molar-refractivity contribution in [3.63, 3.8) is 0 Å². The minimum atomic E-state index is 0.0655. The Hall–Kier alpha value is -2.21. The van der Waals surface area contributed by atoms with Gasteiger partial charge in [-0.25, -0.2) is 4.68 Å². The lowest BCUT2D eigenvalue weighted by Crippen LogP contribution is -2.28. The third kappa shape index (κ3) is 4.64. The van der Waals surface area contributed by atoms with Gasteiger partial charge in [-0.05, 0) is 57.3 Å². The van der Waals surface area contributed by atoms with E-state index < -0.39 is 0 Å². The molecule has 24 heavy (non-hydrogen) atoms. The van der Waals surface area contributed by atoms with Crippen LogP contribution in [0.1, 0.15) is 37.1 Å². The van der Waals surface area contributed by atoms with Gasteiger partial charge < -0.3 is 10.6 Å². The molecule has 0 bridgehead atoms. The summed E-state index contributed by atoms with van der Waals surface area (Å²) in [6.45, 7) is 4.63. The second-order valence-corrected chi connectivity index (χ2v) is 6.43. The Balaban J connectivity index is 1.57. The van der Waals surface area contributed by atoms with E-state index in [0.29, 0.717) is 18.9 Å². The van der Waals surface area contributed by atoms with Gasteiger partial charge in [-0.1, -0.05) is 6.07 Å². The van der Waals surface area contributed by atoms with Crippen molar-refractivity contribution in [2.24, 2.45) is 5.92 Å². The van der Waals surface area contributed by atoms with Crippen molar-refractivity contribution in [2.45, 2.75) is 39.2 Å². The molecule has 128 valence electrons. The number of aryl methyl sites for hydroxylation is 1. The molecule has 2 N–H and O–H groups in total. The van der Waals surface area contributed by atoms with Gasteiger partial charge in [0.2, 0.25) is 5.91 Å². The van der Waals surface area contributed by atoms with Crippen molar-refractivity contribution < 1.29 is 4.79 Å². The van der Waals surface area contributed by atoms with Crippen molar-refractivity contribution in [3.8, 4) is 0 Å². The number of piperidine rings is 1. The quantitative estimate of drug-likeness (QED) is 0.854. The first-order chi connectivity index (χ1) is 11.7. The minimum Gasteiger partial charge on any atom is -0.317 e. The molecule has 0 spiro atoms. The van der Waals surface area contributed by atoms with Crippen LogP contribution in [0.25, 0.3) is 0 Å². The standard InChI is InChI=1S/C18H25N5O/c1-14-12-17(23(22-14)13-16-4-2-3-9-20-16)21-18(24)6-5-15-7-10-19-11-8-15/h2-4,9,12,15,19H,5-8,10-11,13H2,1H3,(H,21,24). The lowest BCUT2D eigenvalue weighted by Gasteiger charge is -2.22. The largest absolute Gasteiger partial charge is 0.317 e. The average molecular weight is 327 g/mol.